The third kappa shape index (κ3) is 34.1. The highest BCUT2D eigenvalue weighted by molar-refractivity contribution is 5.75. The fourth-order valence-corrected chi connectivity index (χ4v) is 2.99. The third-order valence-electron chi connectivity index (χ3n) is 4.67. The van der Waals surface area contributed by atoms with Crippen LogP contribution in [0.15, 0.2) is 12.2 Å². The van der Waals surface area contributed by atoms with E-state index in [2.05, 4.69) is 24.4 Å². The number of carboxylic acid groups (broad SMARTS) is 1. The fraction of sp³-hybridized carbons (Fsp3) is 0.833. The SMILES string of the molecule is CC(=O)[O-].CCCCCCCCC=CCCCCCCCC(=O)NCC[NH2+]CCO. The number of nitrogens with one attached hydrogen (secondary N) is 1. The number of carbonyl (C=O) groups is 2. The van der Waals surface area contributed by atoms with E-state index in [1.807, 2.05) is 5.32 Å². The zero-order valence-corrected chi connectivity index (χ0v) is 19.6. The Morgan fingerprint density at radius 1 is 0.867 bits per heavy atom. The molecular formula is C24H48N2O4. The van der Waals surface area contributed by atoms with Crippen LogP contribution in [0.3, 0.4) is 0 Å². The molecule has 0 radical (unpaired) electrons. The van der Waals surface area contributed by atoms with Crippen molar-refractivity contribution in [2.45, 2.75) is 104 Å². The Morgan fingerprint density at radius 2 is 1.37 bits per heavy atom. The molecule has 6 heteroatoms. The summed E-state index contributed by atoms with van der Waals surface area (Å²) in [7, 11) is 0. The lowest BCUT2D eigenvalue weighted by Crippen LogP contribution is -2.86. The molecule has 30 heavy (non-hydrogen) atoms. The van der Waals surface area contributed by atoms with E-state index in [-0.39, 0.29) is 12.5 Å². The standard InChI is InChI=1S/C22H44N2O2.C2H4O2/c1-2-3-4-5-6-7-8-9-10-11-12-13-14-15-16-17-22(26)24-19-18-23-20-21-25;1-2(3)4/h9-10,23,25H,2-8,11-21H2,1H3,(H,24,26);1H3,(H,3,4). The lowest BCUT2D eigenvalue weighted by atomic mass is 10.1. The summed E-state index contributed by atoms with van der Waals surface area (Å²) in [5.74, 6) is -0.917. The Bertz CT molecular complexity index is 397. The molecule has 0 bridgehead atoms. The summed E-state index contributed by atoms with van der Waals surface area (Å²) in [5, 5.41) is 22.5. The highest BCUT2D eigenvalue weighted by atomic mass is 16.4. The van der Waals surface area contributed by atoms with Crippen molar-refractivity contribution < 1.29 is 25.1 Å². The average molecular weight is 429 g/mol. The summed E-state index contributed by atoms with van der Waals surface area (Å²) >= 11 is 0. The zero-order valence-electron chi connectivity index (χ0n) is 19.6. The van der Waals surface area contributed by atoms with Crippen molar-refractivity contribution in [3.63, 3.8) is 0 Å². The van der Waals surface area contributed by atoms with E-state index < -0.39 is 5.97 Å². The van der Waals surface area contributed by atoms with E-state index >= 15 is 0 Å². The largest absolute Gasteiger partial charge is 0.550 e. The maximum Gasteiger partial charge on any atom is 0.220 e. The lowest BCUT2D eigenvalue weighted by Gasteiger charge is -2.04. The molecule has 0 aromatic carbocycles. The average Bonchev–Trinajstić information content (AvgIpc) is 2.70. The van der Waals surface area contributed by atoms with Gasteiger partial charge in [0.15, 0.2) is 0 Å². The molecule has 0 heterocycles. The molecule has 0 aromatic heterocycles. The van der Waals surface area contributed by atoms with Crippen molar-refractivity contribution in [3.05, 3.63) is 12.2 Å². The molecule has 0 aliphatic carbocycles. The second-order valence-corrected chi connectivity index (χ2v) is 7.77. The number of carbonyl (C=O) groups excluding carboxylic acids is 2. The number of allylic oxidation sites excluding steroid dienone is 2. The number of unbranched alkanes of at least 4 members (excludes halogenated alkanes) is 11. The van der Waals surface area contributed by atoms with E-state index in [1.54, 1.807) is 0 Å². The first kappa shape index (κ1) is 30.8. The minimum Gasteiger partial charge on any atom is -0.550 e. The van der Waals surface area contributed by atoms with Crippen LogP contribution in [-0.4, -0.2) is 43.2 Å². The van der Waals surface area contributed by atoms with Crippen LogP contribution in [0.1, 0.15) is 104 Å². The number of amides is 1. The third-order valence-corrected chi connectivity index (χ3v) is 4.67. The number of aliphatic carboxylic acids is 1. The van der Waals surface area contributed by atoms with E-state index in [1.165, 1.54) is 70.6 Å². The number of nitrogens with two attached hydrogens (primary N) is 1. The molecule has 4 N–H and O–H groups in total. The van der Waals surface area contributed by atoms with Gasteiger partial charge in [0.05, 0.1) is 26.2 Å². The van der Waals surface area contributed by atoms with Gasteiger partial charge in [0.2, 0.25) is 5.91 Å². The summed E-state index contributed by atoms with van der Waals surface area (Å²) in [4.78, 5) is 20.5. The second-order valence-electron chi connectivity index (χ2n) is 7.77. The molecule has 178 valence electrons. The number of rotatable bonds is 20. The molecule has 0 unspecified atom stereocenters. The van der Waals surface area contributed by atoms with Gasteiger partial charge in [-0.05, 0) is 39.0 Å². The quantitative estimate of drug-likeness (QED) is 0.204. The summed E-state index contributed by atoms with van der Waals surface area (Å²) in [6.45, 7) is 5.69. The Kier molecular flexibility index (Phi) is 28.3. The molecule has 0 rings (SSSR count). The molecule has 0 fully saturated rings. The maximum absolute atomic E-state index is 11.6. The van der Waals surface area contributed by atoms with Crippen LogP contribution in [0, 0.1) is 0 Å². The van der Waals surface area contributed by atoms with Crippen molar-refractivity contribution in [2.24, 2.45) is 0 Å². The predicted molar refractivity (Wildman–Crippen MR) is 122 cm³/mol. The van der Waals surface area contributed by atoms with Crippen molar-refractivity contribution >= 4 is 11.9 Å². The Hall–Kier alpha value is -1.40. The second kappa shape index (κ2) is 27.6. The van der Waals surface area contributed by atoms with Gasteiger partial charge in [0, 0.05) is 12.4 Å². The van der Waals surface area contributed by atoms with Crippen LogP contribution in [0.2, 0.25) is 0 Å². The van der Waals surface area contributed by atoms with Crippen LogP contribution >= 0.6 is 0 Å². The minimum atomic E-state index is -1.08. The molecule has 0 atom stereocenters. The highest BCUT2D eigenvalue weighted by Crippen LogP contribution is 2.09. The Labute approximate surface area is 184 Å². The van der Waals surface area contributed by atoms with Gasteiger partial charge in [-0.2, -0.15) is 0 Å². The summed E-state index contributed by atoms with van der Waals surface area (Å²) in [5.41, 5.74) is 0. The molecule has 0 aromatic rings. The number of aliphatic hydroxyl groups excluding tert-OH is 1. The Balaban J connectivity index is 0. The van der Waals surface area contributed by atoms with E-state index in [9.17, 15) is 4.79 Å². The number of quaternary nitrogens is 1. The number of hydrogen-bond donors (Lipinski definition) is 3. The van der Waals surface area contributed by atoms with Crippen LogP contribution in [0.5, 0.6) is 0 Å². The van der Waals surface area contributed by atoms with Crippen molar-refractivity contribution in [2.75, 3.05) is 26.2 Å². The van der Waals surface area contributed by atoms with Gasteiger partial charge < -0.3 is 25.6 Å². The predicted octanol–water partition coefficient (Wildman–Crippen LogP) is 2.45. The summed E-state index contributed by atoms with van der Waals surface area (Å²) < 4.78 is 0. The van der Waals surface area contributed by atoms with E-state index in [0.29, 0.717) is 19.5 Å². The number of carboxylic acids is 1. The van der Waals surface area contributed by atoms with Crippen molar-refractivity contribution in [3.8, 4) is 0 Å². The van der Waals surface area contributed by atoms with Crippen LogP contribution in [0.25, 0.3) is 0 Å². The van der Waals surface area contributed by atoms with Gasteiger partial charge >= 0.3 is 0 Å². The van der Waals surface area contributed by atoms with Gasteiger partial charge in [0.1, 0.15) is 0 Å². The lowest BCUT2D eigenvalue weighted by molar-refractivity contribution is -0.654. The molecule has 6 nitrogen and oxygen atoms in total. The fourth-order valence-electron chi connectivity index (χ4n) is 2.99. The van der Waals surface area contributed by atoms with Gasteiger partial charge in [-0.25, -0.2) is 0 Å². The maximum atomic E-state index is 11.6. The van der Waals surface area contributed by atoms with Crippen LogP contribution < -0.4 is 15.7 Å². The normalized spacial score (nSPS) is 10.6. The van der Waals surface area contributed by atoms with Gasteiger partial charge in [-0.15, -0.1) is 0 Å². The van der Waals surface area contributed by atoms with Gasteiger partial charge in [0.25, 0.3) is 0 Å². The van der Waals surface area contributed by atoms with E-state index in [4.69, 9.17) is 15.0 Å². The first-order chi connectivity index (χ1) is 14.5. The van der Waals surface area contributed by atoms with Crippen LogP contribution in [0.4, 0.5) is 0 Å². The van der Waals surface area contributed by atoms with E-state index in [0.717, 1.165) is 26.3 Å². The summed E-state index contributed by atoms with van der Waals surface area (Å²) in [6.07, 6.45) is 22.1. The molecule has 0 aliphatic rings. The van der Waals surface area contributed by atoms with Gasteiger partial charge in [-0.1, -0.05) is 70.4 Å². The highest BCUT2D eigenvalue weighted by Gasteiger charge is 2.00. The topological polar surface area (TPSA) is 106 Å². The molecule has 0 spiro atoms. The minimum absolute atomic E-state index is 0.167. The number of aliphatic hydroxyl groups is 1. The molecule has 0 aliphatic heterocycles. The Morgan fingerprint density at radius 3 is 1.90 bits per heavy atom. The number of hydrogen-bond acceptors (Lipinski definition) is 4. The van der Waals surface area contributed by atoms with Crippen LogP contribution in [-0.2, 0) is 9.59 Å². The molecule has 0 saturated carbocycles. The smallest absolute Gasteiger partial charge is 0.220 e. The van der Waals surface area contributed by atoms with Crippen molar-refractivity contribution in [1.29, 1.82) is 0 Å². The summed E-state index contributed by atoms with van der Waals surface area (Å²) in [6, 6.07) is 0. The molecule has 1 amide bonds. The molecule has 0 saturated heterocycles. The monoisotopic (exact) mass is 428 g/mol. The van der Waals surface area contributed by atoms with Gasteiger partial charge in [-0.3, -0.25) is 4.79 Å². The van der Waals surface area contributed by atoms with Crippen molar-refractivity contribution in [1.82, 2.24) is 5.32 Å². The first-order valence-corrected chi connectivity index (χ1v) is 12.1. The zero-order chi connectivity index (χ0) is 22.7. The first-order valence-electron chi connectivity index (χ1n) is 12.1. The molecular weight excluding hydrogens is 380 g/mol.